The Morgan fingerprint density at radius 2 is 2.41 bits per heavy atom. The molecule has 1 aliphatic rings. The number of rotatable bonds is 2. The van der Waals surface area contributed by atoms with Gasteiger partial charge in [0, 0.05) is 19.6 Å². The zero-order valence-corrected chi connectivity index (χ0v) is 9.95. The van der Waals surface area contributed by atoms with E-state index >= 15 is 0 Å². The van der Waals surface area contributed by atoms with E-state index < -0.39 is 5.82 Å². The second-order valence-corrected chi connectivity index (χ2v) is 4.38. The molecule has 17 heavy (non-hydrogen) atoms. The Balaban J connectivity index is 2.00. The molecule has 1 aliphatic heterocycles. The van der Waals surface area contributed by atoms with Crippen molar-refractivity contribution in [3.05, 3.63) is 34.6 Å². The first-order chi connectivity index (χ1) is 8.19. The van der Waals surface area contributed by atoms with Gasteiger partial charge in [0.25, 0.3) is 0 Å². The average Bonchev–Trinajstić information content (AvgIpc) is 2.34. The molecule has 1 atom stereocenters. The first kappa shape index (κ1) is 12.3. The second-order valence-electron chi connectivity index (χ2n) is 3.97. The molecule has 1 saturated heterocycles. The van der Waals surface area contributed by atoms with Crippen molar-refractivity contribution in [2.24, 2.45) is 0 Å². The number of nitriles is 1. The molecule has 1 heterocycles. The van der Waals surface area contributed by atoms with E-state index in [1.54, 1.807) is 12.1 Å². The molecule has 0 saturated carbocycles. The van der Waals surface area contributed by atoms with Crippen LogP contribution in [0, 0.1) is 17.1 Å². The lowest BCUT2D eigenvalue weighted by atomic mass is 10.2. The first-order valence-corrected chi connectivity index (χ1v) is 5.74. The lowest BCUT2D eigenvalue weighted by Crippen LogP contribution is -2.41. The maximum atomic E-state index is 13.2. The normalized spacial score (nSPS) is 21.1. The molecular formula is C12H12ClFN2O. The summed E-state index contributed by atoms with van der Waals surface area (Å²) in [6.45, 7) is 2.45. The van der Waals surface area contributed by atoms with Crippen LogP contribution >= 0.6 is 11.6 Å². The summed E-state index contributed by atoms with van der Waals surface area (Å²) in [7, 11) is 0. The van der Waals surface area contributed by atoms with Crippen molar-refractivity contribution < 1.29 is 9.13 Å². The highest BCUT2D eigenvalue weighted by Crippen LogP contribution is 2.17. The van der Waals surface area contributed by atoms with Gasteiger partial charge in [-0.1, -0.05) is 17.7 Å². The van der Waals surface area contributed by atoms with Crippen LogP contribution in [-0.4, -0.2) is 30.7 Å². The van der Waals surface area contributed by atoms with Crippen molar-refractivity contribution in [1.29, 1.82) is 5.26 Å². The molecule has 0 aliphatic carbocycles. The maximum absolute atomic E-state index is 13.2. The minimum absolute atomic E-state index is 0.130. The van der Waals surface area contributed by atoms with Crippen LogP contribution in [0.1, 0.15) is 5.56 Å². The van der Waals surface area contributed by atoms with E-state index in [9.17, 15) is 4.39 Å². The van der Waals surface area contributed by atoms with E-state index in [0.29, 0.717) is 19.7 Å². The topological polar surface area (TPSA) is 36.3 Å². The van der Waals surface area contributed by atoms with Crippen molar-refractivity contribution in [3.8, 4) is 6.07 Å². The fourth-order valence-corrected chi connectivity index (χ4v) is 1.94. The van der Waals surface area contributed by atoms with Crippen molar-refractivity contribution in [3.63, 3.8) is 0 Å². The van der Waals surface area contributed by atoms with Crippen LogP contribution in [0.3, 0.4) is 0 Å². The lowest BCUT2D eigenvalue weighted by Gasteiger charge is -2.29. The molecule has 90 valence electrons. The van der Waals surface area contributed by atoms with E-state index in [4.69, 9.17) is 21.6 Å². The third kappa shape index (κ3) is 3.16. The molecular weight excluding hydrogens is 243 g/mol. The Kier molecular flexibility index (Phi) is 3.95. The highest BCUT2D eigenvalue weighted by molar-refractivity contribution is 6.30. The largest absolute Gasteiger partial charge is 0.361 e. The number of hydrogen-bond donors (Lipinski definition) is 0. The van der Waals surface area contributed by atoms with E-state index in [1.165, 1.54) is 6.07 Å². The summed E-state index contributed by atoms with van der Waals surface area (Å²) in [5, 5.41) is 8.91. The number of hydrogen-bond acceptors (Lipinski definition) is 3. The molecule has 5 heteroatoms. The standard InChI is InChI=1S/C12H12ClFN2O/c13-11-2-1-9(5-12(11)14)7-16-3-4-17-10(6-15)8-16/h1-2,5,10H,3-4,7-8H2. The van der Waals surface area contributed by atoms with Crippen molar-refractivity contribution >= 4 is 11.6 Å². The van der Waals surface area contributed by atoms with Crippen LogP contribution in [0.5, 0.6) is 0 Å². The van der Waals surface area contributed by atoms with Crippen LogP contribution in [-0.2, 0) is 11.3 Å². The Morgan fingerprint density at radius 3 is 3.12 bits per heavy atom. The van der Waals surface area contributed by atoms with Crippen LogP contribution in [0.15, 0.2) is 18.2 Å². The predicted molar refractivity (Wildman–Crippen MR) is 62.0 cm³/mol. The molecule has 1 fully saturated rings. The molecule has 0 N–H and O–H groups in total. The summed E-state index contributed by atoms with van der Waals surface area (Å²) in [6.07, 6.45) is -0.388. The van der Waals surface area contributed by atoms with Gasteiger partial charge >= 0.3 is 0 Å². The van der Waals surface area contributed by atoms with Crippen LogP contribution < -0.4 is 0 Å². The minimum atomic E-state index is -0.408. The van der Waals surface area contributed by atoms with Gasteiger partial charge in [-0.15, -0.1) is 0 Å². The van der Waals surface area contributed by atoms with Gasteiger partial charge in [-0.25, -0.2) is 4.39 Å². The Hall–Kier alpha value is -1.15. The third-order valence-corrected chi connectivity index (χ3v) is 2.99. The summed E-state index contributed by atoms with van der Waals surface area (Å²) in [5.41, 5.74) is 0.852. The summed E-state index contributed by atoms with van der Waals surface area (Å²) in [4.78, 5) is 2.07. The highest BCUT2D eigenvalue weighted by Gasteiger charge is 2.19. The van der Waals surface area contributed by atoms with Gasteiger partial charge in [-0.2, -0.15) is 5.26 Å². The molecule has 1 unspecified atom stereocenters. The van der Waals surface area contributed by atoms with E-state index in [2.05, 4.69) is 11.0 Å². The summed E-state index contributed by atoms with van der Waals surface area (Å²) in [5.74, 6) is -0.408. The SMILES string of the molecule is N#CC1CN(Cc2ccc(Cl)c(F)c2)CCO1. The van der Waals surface area contributed by atoms with Crippen LogP contribution in [0.25, 0.3) is 0 Å². The molecule has 1 aromatic carbocycles. The highest BCUT2D eigenvalue weighted by atomic mass is 35.5. The maximum Gasteiger partial charge on any atom is 0.156 e. The molecule has 3 nitrogen and oxygen atoms in total. The van der Waals surface area contributed by atoms with Gasteiger partial charge in [0.15, 0.2) is 6.10 Å². The quantitative estimate of drug-likeness (QED) is 0.812. The van der Waals surface area contributed by atoms with Gasteiger partial charge < -0.3 is 4.74 Å². The smallest absolute Gasteiger partial charge is 0.156 e. The van der Waals surface area contributed by atoms with Crippen molar-refractivity contribution in [2.75, 3.05) is 19.7 Å². The van der Waals surface area contributed by atoms with Crippen LogP contribution in [0.2, 0.25) is 5.02 Å². The molecule has 0 amide bonds. The Morgan fingerprint density at radius 1 is 1.59 bits per heavy atom. The van der Waals surface area contributed by atoms with Crippen LogP contribution in [0.4, 0.5) is 4.39 Å². The fraction of sp³-hybridized carbons (Fsp3) is 0.417. The molecule has 2 rings (SSSR count). The van der Waals surface area contributed by atoms with Gasteiger partial charge in [0.05, 0.1) is 17.7 Å². The number of nitrogens with zero attached hydrogens (tertiary/aromatic N) is 2. The number of benzene rings is 1. The minimum Gasteiger partial charge on any atom is -0.361 e. The second kappa shape index (κ2) is 5.46. The monoisotopic (exact) mass is 254 g/mol. The van der Waals surface area contributed by atoms with Gasteiger partial charge in [-0.05, 0) is 17.7 Å². The van der Waals surface area contributed by atoms with Gasteiger partial charge in [0.2, 0.25) is 0 Å². The van der Waals surface area contributed by atoms with E-state index in [0.717, 1.165) is 12.1 Å². The number of morpholine rings is 1. The number of ether oxygens (including phenoxy) is 1. The van der Waals surface area contributed by atoms with Gasteiger partial charge in [-0.3, -0.25) is 4.90 Å². The third-order valence-electron chi connectivity index (χ3n) is 2.68. The summed E-state index contributed by atoms with van der Waals surface area (Å²) in [6, 6.07) is 6.85. The lowest BCUT2D eigenvalue weighted by molar-refractivity contribution is -0.00271. The summed E-state index contributed by atoms with van der Waals surface area (Å²) < 4.78 is 18.5. The molecule has 0 spiro atoms. The Labute approximate surface area is 104 Å². The first-order valence-electron chi connectivity index (χ1n) is 5.36. The fourth-order valence-electron chi connectivity index (χ4n) is 1.82. The van der Waals surface area contributed by atoms with Crippen molar-refractivity contribution in [1.82, 2.24) is 4.90 Å². The zero-order valence-electron chi connectivity index (χ0n) is 9.20. The van der Waals surface area contributed by atoms with E-state index in [-0.39, 0.29) is 11.1 Å². The molecule has 0 radical (unpaired) electrons. The Bertz CT molecular complexity index is 447. The molecule has 0 bridgehead atoms. The zero-order chi connectivity index (χ0) is 12.3. The summed E-state index contributed by atoms with van der Waals surface area (Å²) >= 11 is 5.62. The van der Waals surface area contributed by atoms with Gasteiger partial charge in [0.1, 0.15) is 5.82 Å². The van der Waals surface area contributed by atoms with Crippen molar-refractivity contribution in [2.45, 2.75) is 12.6 Å². The predicted octanol–water partition coefficient (Wildman–Crippen LogP) is 2.20. The molecule has 1 aromatic rings. The average molecular weight is 255 g/mol. The van der Waals surface area contributed by atoms with E-state index in [1.807, 2.05) is 0 Å². The molecule has 0 aromatic heterocycles. The number of halogens is 2.